The smallest absolute Gasteiger partial charge is 0.339 e. The van der Waals surface area contributed by atoms with E-state index < -0.39 is 8.56 Å². The minimum absolute atomic E-state index is 0.0369. The Bertz CT molecular complexity index is 198. The van der Waals surface area contributed by atoms with Crippen LogP contribution >= 0.6 is 34.8 Å². The molecule has 0 saturated heterocycles. The van der Waals surface area contributed by atoms with E-state index in [0.29, 0.717) is 18.3 Å². The zero-order valence-electron chi connectivity index (χ0n) is 9.71. The molecule has 0 N–H and O–H groups in total. The number of hydrogen-bond donors (Lipinski definition) is 0. The van der Waals surface area contributed by atoms with Crippen molar-refractivity contribution in [1.82, 2.24) is 0 Å². The molecule has 0 fully saturated rings. The van der Waals surface area contributed by atoms with Crippen molar-refractivity contribution in [2.24, 2.45) is 0 Å². The van der Waals surface area contributed by atoms with Gasteiger partial charge in [-0.2, -0.15) is 0 Å². The van der Waals surface area contributed by atoms with Crippen LogP contribution in [0.25, 0.3) is 0 Å². The summed E-state index contributed by atoms with van der Waals surface area (Å²) in [4.78, 5) is 0. The maximum Gasteiger partial charge on any atom is 0.339 e. The molecule has 0 aliphatic carbocycles. The monoisotopic (exact) mass is 362 g/mol. The summed E-state index contributed by atoms with van der Waals surface area (Å²) < 4.78 is 16.9. The second kappa shape index (κ2) is 7.94. The molecule has 0 bridgehead atoms. The van der Waals surface area contributed by atoms with Crippen LogP contribution in [0.2, 0.25) is 12.6 Å². The molecule has 0 aliphatic rings. The van der Waals surface area contributed by atoms with Crippen molar-refractivity contribution in [3.63, 3.8) is 0 Å². The van der Waals surface area contributed by atoms with Crippen LogP contribution in [0.1, 0.15) is 20.8 Å². The Morgan fingerprint density at radius 1 is 1.33 bits per heavy atom. The van der Waals surface area contributed by atoms with Gasteiger partial charge in [-0.25, -0.2) is 0 Å². The molecular formula is C9H19IO3SSi. The topological polar surface area (TPSA) is 27.7 Å². The molecule has 0 saturated carbocycles. The standard InChI is InChI=1S/C9H19IO3SSi/c1-5-11-15(4,12-6-2)7-9(10)13-8(3)14/h9H,5-7H2,1-4H3. The van der Waals surface area contributed by atoms with Crippen LogP contribution in [0.15, 0.2) is 0 Å². The largest absolute Gasteiger partial charge is 0.474 e. The first-order valence-corrected chi connectivity index (χ1v) is 9.20. The average molecular weight is 362 g/mol. The molecule has 0 aromatic rings. The highest BCUT2D eigenvalue weighted by Crippen LogP contribution is 2.22. The van der Waals surface area contributed by atoms with Crippen LogP contribution in [0.4, 0.5) is 0 Å². The number of rotatable bonds is 7. The van der Waals surface area contributed by atoms with Gasteiger partial charge in [0.15, 0.2) is 9.16 Å². The SMILES string of the molecule is CCO[Si](C)(CC(I)OC(C)=S)OCC. The van der Waals surface area contributed by atoms with Crippen molar-refractivity contribution < 1.29 is 13.6 Å². The van der Waals surface area contributed by atoms with Gasteiger partial charge in [0.1, 0.15) is 0 Å². The molecule has 1 atom stereocenters. The summed E-state index contributed by atoms with van der Waals surface area (Å²) in [5, 5.41) is 0.568. The third kappa shape index (κ3) is 7.62. The predicted molar refractivity (Wildman–Crippen MR) is 76.8 cm³/mol. The normalized spacial score (nSPS) is 13.7. The molecule has 0 aromatic heterocycles. The quantitative estimate of drug-likeness (QED) is 0.301. The molecule has 0 heterocycles. The lowest BCUT2D eigenvalue weighted by Crippen LogP contribution is -2.41. The van der Waals surface area contributed by atoms with Crippen LogP contribution in [0.5, 0.6) is 0 Å². The summed E-state index contributed by atoms with van der Waals surface area (Å²) in [5.74, 6) is 0. The fourth-order valence-corrected chi connectivity index (χ4v) is 6.56. The maximum atomic E-state index is 5.71. The van der Waals surface area contributed by atoms with E-state index in [2.05, 4.69) is 29.1 Å². The van der Waals surface area contributed by atoms with Crippen LogP contribution < -0.4 is 0 Å². The van der Waals surface area contributed by atoms with Gasteiger partial charge < -0.3 is 13.6 Å². The summed E-state index contributed by atoms with van der Waals surface area (Å²) in [6.45, 7) is 9.18. The first-order valence-electron chi connectivity index (χ1n) is 5.02. The van der Waals surface area contributed by atoms with Crippen molar-refractivity contribution >= 4 is 48.4 Å². The summed E-state index contributed by atoms with van der Waals surface area (Å²) in [5.41, 5.74) is 0. The van der Waals surface area contributed by atoms with Crippen molar-refractivity contribution in [1.29, 1.82) is 0 Å². The number of halogens is 1. The van der Waals surface area contributed by atoms with E-state index in [-0.39, 0.29) is 4.11 Å². The van der Waals surface area contributed by atoms with Crippen molar-refractivity contribution in [2.45, 2.75) is 37.5 Å². The molecule has 6 heteroatoms. The van der Waals surface area contributed by atoms with Crippen LogP contribution in [0, 0.1) is 0 Å². The van der Waals surface area contributed by atoms with Crippen LogP contribution in [-0.4, -0.2) is 30.9 Å². The Kier molecular flexibility index (Phi) is 8.34. The molecule has 0 aliphatic heterocycles. The molecule has 15 heavy (non-hydrogen) atoms. The highest BCUT2D eigenvalue weighted by atomic mass is 127. The van der Waals surface area contributed by atoms with Gasteiger partial charge in [0.25, 0.3) is 0 Å². The second-order valence-corrected chi connectivity index (χ2v) is 8.44. The highest BCUT2D eigenvalue weighted by molar-refractivity contribution is 14.1. The first-order chi connectivity index (χ1) is 6.93. The zero-order valence-corrected chi connectivity index (χ0v) is 13.7. The van der Waals surface area contributed by atoms with E-state index in [9.17, 15) is 0 Å². The molecule has 90 valence electrons. The fraction of sp³-hybridized carbons (Fsp3) is 0.889. The average Bonchev–Trinajstić information content (AvgIpc) is 2.01. The second-order valence-electron chi connectivity index (χ2n) is 3.22. The van der Waals surface area contributed by atoms with E-state index in [1.807, 2.05) is 13.8 Å². The van der Waals surface area contributed by atoms with E-state index in [1.165, 1.54) is 0 Å². The van der Waals surface area contributed by atoms with Gasteiger partial charge in [0, 0.05) is 26.2 Å². The Morgan fingerprint density at radius 2 is 1.80 bits per heavy atom. The molecule has 0 spiro atoms. The number of alkyl halides is 1. The lowest BCUT2D eigenvalue weighted by molar-refractivity contribution is 0.178. The third-order valence-electron chi connectivity index (χ3n) is 1.72. The molecule has 1 unspecified atom stereocenters. The van der Waals surface area contributed by atoms with Gasteiger partial charge in [0.2, 0.25) is 0 Å². The van der Waals surface area contributed by atoms with Gasteiger partial charge >= 0.3 is 8.56 Å². The van der Waals surface area contributed by atoms with E-state index >= 15 is 0 Å². The molecule has 3 nitrogen and oxygen atoms in total. The minimum atomic E-state index is -2.07. The van der Waals surface area contributed by atoms with Crippen molar-refractivity contribution in [2.75, 3.05) is 13.2 Å². The third-order valence-corrected chi connectivity index (χ3v) is 6.26. The predicted octanol–water partition coefficient (Wildman–Crippen LogP) is 3.26. The Hall–Kier alpha value is 0.757. The summed E-state index contributed by atoms with van der Waals surface area (Å²) in [6.07, 6.45) is 0. The Balaban J connectivity index is 4.19. The molecule has 0 radical (unpaired) electrons. The molecule has 0 aromatic carbocycles. The van der Waals surface area contributed by atoms with Gasteiger partial charge in [0.05, 0.1) is 0 Å². The highest BCUT2D eigenvalue weighted by Gasteiger charge is 2.34. The zero-order chi connectivity index (χ0) is 11.9. The lowest BCUT2D eigenvalue weighted by atomic mass is 10.8. The van der Waals surface area contributed by atoms with E-state index in [0.717, 1.165) is 6.04 Å². The number of ether oxygens (including phenoxy) is 1. The molecule has 0 rings (SSSR count). The van der Waals surface area contributed by atoms with Crippen LogP contribution in [-0.2, 0) is 13.6 Å². The minimum Gasteiger partial charge on any atom is -0.474 e. The van der Waals surface area contributed by atoms with Gasteiger partial charge in [-0.3, -0.25) is 0 Å². The van der Waals surface area contributed by atoms with E-state index in [1.54, 1.807) is 6.92 Å². The Labute approximate surface area is 112 Å². The van der Waals surface area contributed by atoms with Crippen molar-refractivity contribution in [3.05, 3.63) is 0 Å². The lowest BCUT2D eigenvalue weighted by Gasteiger charge is -2.27. The number of hydrogen-bond acceptors (Lipinski definition) is 4. The van der Waals surface area contributed by atoms with Gasteiger partial charge in [-0.1, -0.05) is 0 Å². The molecule has 0 amide bonds. The molecular weight excluding hydrogens is 343 g/mol. The van der Waals surface area contributed by atoms with Gasteiger partial charge in [-0.05, 0) is 55.2 Å². The summed E-state index contributed by atoms with van der Waals surface area (Å²) in [6, 6.07) is 0.795. The van der Waals surface area contributed by atoms with Crippen LogP contribution in [0.3, 0.4) is 0 Å². The summed E-state index contributed by atoms with van der Waals surface area (Å²) in [7, 11) is -2.07. The fourth-order valence-electron chi connectivity index (χ4n) is 1.28. The maximum absolute atomic E-state index is 5.71. The van der Waals surface area contributed by atoms with E-state index in [4.69, 9.17) is 25.8 Å². The van der Waals surface area contributed by atoms with Crippen molar-refractivity contribution in [3.8, 4) is 0 Å². The first kappa shape index (κ1) is 15.8. The Morgan fingerprint density at radius 3 is 2.13 bits per heavy atom. The number of thiocarbonyl (C=S) groups is 1. The summed E-state index contributed by atoms with van der Waals surface area (Å²) >= 11 is 7.12. The van der Waals surface area contributed by atoms with Gasteiger partial charge in [-0.15, -0.1) is 0 Å².